The van der Waals surface area contributed by atoms with Crippen molar-refractivity contribution >= 4 is 11.9 Å². The van der Waals surface area contributed by atoms with Crippen molar-refractivity contribution in [3.63, 3.8) is 0 Å². The third kappa shape index (κ3) is 5.62. The van der Waals surface area contributed by atoms with Crippen LogP contribution >= 0.6 is 0 Å². The molecular formula is C20H19NO3. The Morgan fingerprint density at radius 1 is 1.04 bits per heavy atom. The monoisotopic (exact) mass is 321 g/mol. The molecule has 1 amide bonds. The van der Waals surface area contributed by atoms with Crippen molar-refractivity contribution in [3.05, 3.63) is 71.3 Å². The second kappa shape index (κ2) is 9.16. The number of benzene rings is 2. The summed E-state index contributed by atoms with van der Waals surface area (Å²) >= 11 is 0. The summed E-state index contributed by atoms with van der Waals surface area (Å²) in [5.41, 5.74) is 2.22. The van der Waals surface area contributed by atoms with E-state index in [0.717, 1.165) is 11.1 Å². The maximum absolute atomic E-state index is 11.9. The van der Waals surface area contributed by atoms with E-state index < -0.39 is 0 Å². The molecule has 0 fully saturated rings. The van der Waals surface area contributed by atoms with E-state index in [4.69, 9.17) is 11.2 Å². The molecule has 0 unspecified atom stereocenters. The van der Waals surface area contributed by atoms with E-state index in [1.807, 2.05) is 30.3 Å². The van der Waals surface area contributed by atoms with Crippen molar-refractivity contribution in [2.24, 2.45) is 0 Å². The molecule has 4 nitrogen and oxygen atoms in total. The first kappa shape index (κ1) is 17.3. The third-order valence-corrected chi connectivity index (χ3v) is 3.40. The van der Waals surface area contributed by atoms with Gasteiger partial charge in [0.15, 0.2) is 0 Å². The maximum atomic E-state index is 11.9. The Morgan fingerprint density at radius 2 is 1.75 bits per heavy atom. The minimum atomic E-state index is -0.272. The van der Waals surface area contributed by atoms with Crippen LogP contribution in [0.2, 0.25) is 0 Å². The van der Waals surface area contributed by atoms with Crippen LogP contribution in [0.5, 0.6) is 0 Å². The topological polar surface area (TPSA) is 55.4 Å². The van der Waals surface area contributed by atoms with Gasteiger partial charge in [-0.25, -0.2) is 0 Å². The van der Waals surface area contributed by atoms with E-state index in [0.29, 0.717) is 18.5 Å². The summed E-state index contributed by atoms with van der Waals surface area (Å²) < 4.78 is 5.17. The van der Waals surface area contributed by atoms with Gasteiger partial charge in [-0.2, -0.15) is 0 Å². The average molecular weight is 321 g/mol. The van der Waals surface area contributed by atoms with E-state index in [-0.39, 0.29) is 24.9 Å². The van der Waals surface area contributed by atoms with Gasteiger partial charge in [0.1, 0.15) is 6.61 Å². The van der Waals surface area contributed by atoms with Crippen molar-refractivity contribution in [1.82, 2.24) is 5.32 Å². The molecule has 0 aliphatic rings. The van der Waals surface area contributed by atoms with E-state index in [2.05, 4.69) is 11.2 Å². The molecule has 0 heterocycles. The Balaban J connectivity index is 1.64. The van der Waals surface area contributed by atoms with Crippen LogP contribution in [0.4, 0.5) is 0 Å². The zero-order valence-electron chi connectivity index (χ0n) is 13.3. The van der Waals surface area contributed by atoms with Crippen LogP contribution in [0.3, 0.4) is 0 Å². The summed E-state index contributed by atoms with van der Waals surface area (Å²) in [6, 6.07) is 16.3. The van der Waals surface area contributed by atoms with Gasteiger partial charge in [-0.3, -0.25) is 9.59 Å². The normalized spacial score (nSPS) is 9.79. The van der Waals surface area contributed by atoms with Crippen LogP contribution < -0.4 is 5.32 Å². The predicted octanol–water partition coefficient (Wildman–Crippen LogP) is 2.92. The number of amides is 1. The standard InChI is InChI=1S/C20H19NO3/c1-2-16-10-12-18(13-11-16)20(23)21-14-6-9-19(22)24-15-17-7-4-3-5-8-17/h1,3-5,7-8,10-13H,6,9,14-15H2,(H,21,23). The fourth-order valence-electron chi connectivity index (χ4n) is 2.06. The van der Waals surface area contributed by atoms with Crippen LogP contribution in [0.15, 0.2) is 54.6 Å². The SMILES string of the molecule is C#Cc1ccc(C(=O)NCCCC(=O)OCc2ccccc2)cc1. The first-order chi connectivity index (χ1) is 11.7. The molecule has 1 N–H and O–H groups in total. The Morgan fingerprint density at radius 3 is 2.42 bits per heavy atom. The number of ether oxygens (including phenoxy) is 1. The number of hydrogen-bond acceptors (Lipinski definition) is 3. The summed E-state index contributed by atoms with van der Waals surface area (Å²) in [5.74, 6) is 2.04. The van der Waals surface area contributed by atoms with Crippen molar-refractivity contribution < 1.29 is 14.3 Å². The van der Waals surface area contributed by atoms with Crippen LogP contribution in [0.1, 0.15) is 34.3 Å². The molecule has 0 aliphatic heterocycles. The van der Waals surface area contributed by atoms with Crippen LogP contribution in [-0.2, 0) is 16.1 Å². The molecule has 0 spiro atoms. The second-order valence-corrected chi connectivity index (χ2v) is 5.23. The fraction of sp³-hybridized carbons (Fsp3) is 0.200. The van der Waals surface area contributed by atoms with E-state index in [1.54, 1.807) is 24.3 Å². The summed E-state index contributed by atoms with van der Waals surface area (Å²) in [7, 11) is 0. The maximum Gasteiger partial charge on any atom is 0.306 e. The summed E-state index contributed by atoms with van der Waals surface area (Å²) in [5, 5.41) is 2.77. The van der Waals surface area contributed by atoms with Crippen molar-refractivity contribution in [3.8, 4) is 12.3 Å². The lowest BCUT2D eigenvalue weighted by atomic mass is 10.1. The first-order valence-corrected chi connectivity index (χ1v) is 7.73. The molecule has 0 atom stereocenters. The molecule has 0 radical (unpaired) electrons. The lowest BCUT2D eigenvalue weighted by Gasteiger charge is -2.06. The van der Waals surface area contributed by atoms with Crippen molar-refractivity contribution in [1.29, 1.82) is 0 Å². The summed E-state index contributed by atoms with van der Waals surface area (Å²) in [6.45, 7) is 0.684. The molecule has 4 heteroatoms. The van der Waals surface area contributed by atoms with E-state index >= 15 is 0 Å². The zero-order valence-corrected chi connectivity index (χ0v) is 13.3. The highest BCUT2D eigenvalue weighted by Gasteiger charge is 2.06. The number of rotatable bonds is 7. The van der Waals surface area contributed by atoms with Gasteiger partial charge in [0.25, 0.3) is 5.91 Å². The van der Waals surface area contributed by atoms with Crippen molar-refractivity contribution in [2.75, 3.05) is 6.54 Å². The minimum Gasteiger partial charge on any atom is -0.461 e. The predicted molar refractivity (Wildman–Crippen MR) is 92.2 cm³/mol. The Labute approximate surface area is 141 Å². The van der Waals surface area contributed by atoms with Gasteiger partial charge >= 0.3 is 5.97 Å². The van der Waals surface area contributed by atoms with Gasteiger partial charge in [0.2, 0.25) is 0 Å². The molecule has 2 rings (SSSR count). The number of hydrogen-bond donors (Lipinski definition) is 1. The molecule has 0 saturated carbocycles. The molecule has 0 bridgehead atoms. The van der Waals surface area contributed by atoms with Gasteiger partial charge in [-0.05, 0) is 36.2 Å². The largest absolute Gasteiger partial charge is 0.461 e. The lowest BCUT2D eigenvalue weighted by molar-refractivity contribution is -0.145. The Hall–Kier alpha value is -3.06. The summed E-state index contributed by atoms with van der Waals surface area (Å²) in [6.07, 6.45) is 6.07. The van der Waals surface area contributed by atoms with Crippen LogP contribution in [-0.4, -0.2) is 18.4 Å². The third-order valence-electron chi connectivity index (χ3n) is 3.40. The van der Waals surface area contributed by atoms with E-state index in [9.17, 15) is 9.59 Å². The number of terminal acetylenes is 1. The zero-order chi connectivity index (χ0) is 17.2. The Kier molecular flexibility index (Phi) is 6.60. The van der Waals surface area contributed by atoms with Gasteiger partial charge in [0, 0.05) is 24.1 Å². The average Bonchev–Trinajstić information content (AvgIpc) is 2.64. The number of carbonyl (C=O) groups excluding carboxylic acids is 2. The molecule has 122 valence electrons. The first-order valence-electron chi connectivity index (χ1n) is 7.73. The lowest BCUT2D eigenvalue weighted by Crippen LogP contribution is -2.25. The van der Waals surface area contributed by atoms with Crippen molar-refractivity contribution in [2.45, 2.75) is 19.4 Å². The molecule has 2 aromatic rings. The highest BCUT2D eigenvalue weighted by atomic mass is 16.5. The number of carbonyl (C=O) groups is 2. The second-order valence-electron chi connectivity index (χ2n) is 5.23. The molecule has 24 heavy (non-hydrogen) atoms. The van der Waals surface area contributed by atoms with Gasteiger partial charge in [0.05, 0.1) is 0 Å². The fourth-order valence-corrected chi connectivity index (χ4v) is 2.06. The summed E-state index contributed by atoms with van der Waals surface area (Å²) in [4.78, 5) is 23.6. The highest BCUT2D eigenvalue weighted by molar-refractivity contribution is 5.94. The van der Waals surface area contributed by atoms with E-state index in [1.165, 1.54) is 0 Å². The number of nitrogens with one attached hydrogen (secondary N) is 1. The van der Waals surface area contributed by atoms with Crippen LogP contribution in [0, 0.1) is 12.3 Å². The highest BCUT2D eigenvalue weighted by Crippen LogP contribution is 2.04. The number of esters is 1. The van der Waals surface area contributed by atoms with Gasteiger partial charge in [-0.1, -0.05) is 36.3 Å². The smallest absolute Gasteiger partial charge is 0.306 e. The molecular weight excluding hydrogens is 302 g/mol. The van der Waals surface area contributed by atoms with Gasteiger partial charge < -0.3 is 10.1 Å². The molecule has 2 aromatic carbocycles. The van der Waals surface area contributed by atoms with Crippen LogP contribution in [0.25, 0.3) is 0 Å². The molecule has 0 saturated heterocycles. The molecule has 0 aliphatic carbocycles. The van der Waals surface area contributed by atoms with Gasteiger partial charge in [-0.15, -0.1) is 6.42 Å². The Bertz CT molecular complexity index is 715. The molecule has 0 aromatic heterocycles. The quantitative estimate of drug-likeness (QED) is 0.485. The minimum absolute atomic E-state index is 0.184.